The fraction of sp³-hybridized carbons (Fsp3) is 0.333. The van der Waals surface area contributed by atoms with Gasteiger partial charge in [0, 0.05) is 13.5 Å². The molecule has 0 saturated carbocycles. The summed E-state index contributed by atoms with van der Waals surface area (Å²) in [5, 5.41) is 0. The molecule has 0 aliphatic carbocycles. The second-order valence-electron chi connectivity index (χ2n) is 6.99. The number of carbonyl (C=O) groups is 2. The Morgan fingerprint density at radius 2 is 1.83 bits per heavy atom. The van der Waals surface area contributed by atoms with E-state index >= 15 is 0 Å². The molecule has 2 amide bonds. The number of hydrogen-bond donors (Lipinski definition) is 1. The van der Waals surface area contributed by atoms with Gasteiger partial charge in [-0.2, -0.15) is 0 Å². The van der Waals surface area contributed by atoms with Gasteiger partial charge in [0.1, 0.15) is 0 Å². The predicted octanol–water partition coefficient (Wildman–Crippen LogP) is 2.98. The van der Waals surface area contributed by atoms with Crippen molar-refractivity contribution in [2.45, 2.75) is 31.7 Å². The SMILES string of the molecule is CCOC(=O)N1CC(C)N(C(C)=O)c2ccc(-c3cccc(S(=O)(=O)NC)c3)cc21. The Hall–Kier alpha value is -2.91. The third kappa shape index (κ3) is 4.03. The smallest absolute Gasteiger partial charge is 0.414 e. The van der Waals surface area contributed by atoms with Crippen LogP contribution in [-0.2, 0) is 19.6 Å². The summed E-state index contributed by atoms with van der Waals surface area (Å²) >= 11 is 0. The largest absolute Gasteiger partial charge is 0.449 e. The highest BCUT2D eigenvalue weighted by atomic mass is 32.2. The number of rotatable bonds is 4. The maximum atomic E-state index is 12.6. The van der Waals surface area contributed by atoms with Crippen LogP contribution in [0, 0.1) is 0 Å². The van der Waals surface area contributed by atoms with Gasteiger partial charge in [-0.1, -0.05) is 18.2 Å². The summed E-state index contributed by atoms with van der Waals surface area (Å²) in [6.45, 7) is 5.62. The van der Waals surface area contributed by atoms with E-state index < -0.39 is 16.1 Å². The highest BCUT2D eigenvalue weighted by Gasteiger charge is 2.34. The van der Waals surface area contributed by atoms with E-state index in [4.69, 9.17) is 4.74 Å². The fourth-order valence-corrected chi connectivity index (χ4v) is 4.40. The van der Waals surface area contributed by atoms with Crippen molar-refractivity contribution in [1.82, 2.24) is 4.72 Å². The molecule has 30 heavy (non-hydrogen) atoms. The molecule has 1 unspecified atom stereocenters. The zero-order valence-electron chi connectivity index (χ0n) is 17.4. The Labute approximate surface area is 176 Å². The molecule has 0 fully saturated rings. The van der Waals surface area contributed by atoms with Crippen LogP contribution in [0.3, 0.4) is 0 Å². The minimum atomic E-state index is -3.59. The molecular formula is C21H25N3O5S. The van der Waals surface area contributed by atoms with Crippen molar-refractivity contribution >= 4 is 33.4 Å². The Morgan fingerprint density at radius 3 is 2.47 bits per heavy atom. The van der Waals surface area contributed by atoms with Crippen LogP contribution in [-0.4, -0.2) is 46.7 Å². The Morgan fingerprint density at radius 1 is 1.13 bits per heavy atom. The number of carbonyl (C=O) groups excluding carboxylic acids is 2. The zero-order chi connectivity index (χ0) is 22.1. The van der Waals surface area contributed by atoms with E-state index in [0.29, 0.717) is 29.0 Å². The van der Waals surface area contributed by atoms with Crippen molar-refractivity contribution in [2.75, 3.05) is 30.0 Å². The normalized spacial score (nSPS) is 16.2. The summed E-state index contributed by atoms with van der Waals surface area (Å²) in [5.74, 6) is -0.123. The van der Waals surface area contributed by atoms with E-state index in [-0.39, 0.29) is 23.5 Å². The highest BCUT2D eigenvalue weighted by molar-refractivity contribution is 7.89. The Kier molecular flexibility index (Phi) is 6.14. The lowest BCUT2D eigenvalue weighted by molar-refractivity contribution is -0.117. The third-order valence-corrected chi connectivity index (χ3v) is 6.40. The fourth-order valence-electron chi connectivity index (χ4n) is 3.62. The standard InChI is InChI=1S/C21H25N3O5S/c1-5-29-21(26)23-13-14(2)24(15(3)25)19-10-9-17(12-20(19)23)16-7-6-8-18(11-16)30(27,28)22-4/h6-12,14,22H,5,13H2,1-4H3. The van der Waals surface area contributed by atoms with Crippen molar-refractivity contribution in [2.24, 2.45) is 0 Å². The summed E-state index contributed by atoms with van der Waals surface area (Å²) in [5.41, 5.74) is 2.54. The first kappa shape index (κ1) is 21.8. The molecule has 0 aromatic heterocycles. The van der Waals surface area contributed by atoms with Gasteiger partial charge < -0.3 is 9.64 Å². The Bertz CT molecular complexity index is 1080. The summed E-state index contributed by atoms with van der Waals surface area (Å²) in [7, 11) is -2.24. The number of amides is 2. The van der Waals surface area contributed by atoms with Crippen LogP contribution in [0.1, 0.15) is 20.8 Å². The third-order valence-electron chi connectivity index (χ3n) is 4.99. The molecule has 1 atom stereocenters. The maximum Gasteiger partial charge on any atom is 0.414 e. The molecule has 0 saturated heterocycles. The van der Waals surface area contributed by atoms with E-state index in [1.54, 1.807) is 48.2 Å². The molecule has 1 aliphatic heterocycles. The van der Waals surface area contributed by atoms with Crippen LogP contribution in [0.4, 0.5) is 16.2 Å². The van der Waals surface area contributed by atoms with Crippen molar-refractivity contribution in [1.29, 1.82) is 0 Å². The average molecular weight is 432 g/mol. The number of anilines is 2. The zero-order valence-corrected chi connectivity index (χ0v) is 18.2. The molecule has 1 N–H and O–H groups in total. The number of fused-ring (bicyclic) bond motifs is 1. The van der Waals surface area contributed by atoms with E-state index in [2.05, 4.69) is 4.72 Å². The molecule has 1 aliphatic rings. The molecule has 2 aromatic carbocycles. The topological polar surface area (TPSA) is 96.0 Å². The Balaban J connectivity index is 2.14. The molecule has 160 valence electrons. The average Bonchev–Trinajstić information content (AvgIpc) is 2.72. The molecule has 9 heteroatoms. The van der Waals surface area contributed by atoms with Gasteiger partial charge in [-0.3, -0.25) is 9.69 Å². The van der Waals surface area contributed by atoms with Gasteiger partial charge >= 0.3 is 6.09 Å². The van der Waals surface area contributed by atoms with E-state index in [9.17, 15) is 18.0 Å². The first-order chi connectivity index (χ1) is 14.2. The van der Waals surface area contributed by atoms with Crippen molar-refractivity contribution < 1.29 is 22.7 Å². The molecule has 0 bridgehead atoms. The molecule has 3 rings (SSSR count). The van der Waals surface area contributed by atoms with E-state index in [1.807, 2.05) is 6.92 Å². The molecular weight excluding hydrogens is 406 g/mol. The second kappa shape index (κ2) is 8.45. The van der Waals surface area contributed by atoms with Crippen LogP contribution >= 0.6 is 0 Å². The van der Waals surface area contributed by atoms with Crippen molar-refractivity contribution in [3.8, 4) is 11.1 Å². The highest BCUT2D eigenvalue weighted by Crippen LogP contribution is 2.39. The van der Waals surface area contributed by atoms with Crippen LogP contribution in [0.15, 0.2) is 47.4 Å². The molecule has 8 nitrogen and oxygen atoms in total. The summed E-state index contributed by atoms with van der Waals surface area (Å²) in [4.78, 5) is 28.1. The van der Waals surface area contributed by atoms with Gasteiger partial charge in [0.2, 0.25) is 15.9 Å². The second-order valence-corrected chi connectivity index (χ2v) is 8.87. The van der Waals surface area contributed by atoms with Gasteiger partial charge in [0.15, 0.2) is 0 Å². The number of nitrogens with one attached hydrogen (secondary N) is 1. The summed E-state index contributed by atoms with van der Waals surface area (Å²) in [6.07, 6.45) is -0.488. The first-order valence-corrected chi connectivity index (χ1v) is 11.1. The number of nitrogens with zero attached hydrogens (tertiary/aromatic N) is 2. The van der Waals surface area contributed by atoms with Gasteiger partial charge in [0.05, 0.1) is 28.9 Å². The molecule has 0 spiro atoms. The van der Waals surface area contributed by atoms with Crippen molar-refractivity contribution in [3.05, 3.63) is 42.5 Å². The number of hydrogen-bond acceptors (Lipinski definition) is 5. The molecule has 2 aromatic rings. The van der Waals surface area contributed by atoms with Crippen molar-refractivity contribution in [3.63, 3.8) is 0 Å². The first-order valence-electron chi connectivity index (χ1n) is 9.61. The van der Waals surface area contributed by atoms with Gasteiger partial charge in [-0.15, -0.1) is 0 Å². The van der Waals surface area contributed by atoms with Crippen LogP contribution in [0.25, 0.3) is 11.1 Å². The number of ether oxygens (including phenoxy) is 1. The maximum absolute atomic E-state index is 12.6. The van der Waals surface area contributed by atoms with E-state index in [1.165, 1.54) is 24.9 Å². The predicted molar refractivity (Wildman–Crippen MR) is 115 cm³/mol. The van der Waals surface area contributed by atoms with E-state index in [0.717, 1.165) is 0 Å². The lowest BCUT2D eigenvalue weighted by Gasteiger charge is -2.40. The number of sulfonamides is 1. The van der Waals surface area contributed by atoms with Gasteiger partial charge in [0.25, 0.3) is 0 Å². The summed E-state index contributed by atoms with van der Waals surface area (Å²) < 4.78 is 31.8. The molecule has 1 heterocycles. The van der Waals surface area contributed by atoms with Crippen LogP contribution < -0.4 is 14.5 Å². The lowest BCUT2D eigenvalue weighted by Crippen LogP contribution is -2.51. The van der Waals surface area contributed by atoms with Gasteiger partial charge in [-0.25, -0.2) is 17.9 Å². The minimum absolute atomic E-state index is 0.123. The molecule has 0 radical (unpaired) electrons. The minimum Gasteiger partial charge on any atom is -0.449 e. The number of benzene rings is 2. The lowest BCUT2D eigenvalue weighted by atomic mass is 10.0. The van der Waals surface area contributed by atoms with Crippen LogP contribution in [0.2, 0.25) is 0 Å². The quantitative estimate of drug-likeness (QED) is 0.803. The van der Waals surface area contributed by atoms with Gasteiger partial charge in [-0.05, 0) is 56.3 Å². The summed E-state index contributed by atoms with van der Waals surface area (Å²) in [6, 6.07) is 11.7. The van der Waals surface area contributed by atoms with Crippen LogP contribution in [0.5, 0.6) is 0 Å². The monoisotopic (exact) mass is 431 g/mol.